The topological polar surface area (TPSA) is 60.9 Å². The third-order valence-corrected chi connectivity index (χ3v) is 3.47. The van der Waals surface area contributed by atoms with E-state index in [1.54, 1.807) is 18.2 Å². The summed E-state index contributed by atoms with van der Waals surface area (Å²) in [6.07, 6.45) is 2.77. The van der Waals surface area contributed by atoms with Gasteiger partial charge in [-0.25, -0.2) is 9.37 Å². The molecule has 1 aliphatic rings. The molecule has 3 rings (SSSR count). The minimum absolute atomic E-state index is 0.276. The van der Waals surface area contributed by atoms with Crippen molar-refractivity contribution in [2.45, 2.75) is 25.8 Å². The van der Waals surface area contributed by atoms with E-state index in [1.807, 2.05) is 4.57 Å². The summed E-state index contributed by atoms with van der Waals surface area (Å²) in [5, 5.41) is 0. The fourth-order valence-electron chi connectivity index (χ4n) is 2.59. The minimum atomic E-state index is -0.548. The van der Waals surface area contributed by atoms with Crippen LogP contribution >= 0.6 is 0 Å². The summed E-state index contributed by atoms with van der Waals surface area (Å²) >= 11 is 0. The minimum Gasteiger partial charge on any atom is -0.364 e. The lowest BCUT2D eigenvalue weighted by molar-refractivity contribution is 0.0994. The van der Waals surface area contributed by atoms with Crippen LogP contribution in [-0.2, 0) is 13.0 Å². The Morgan fingerprint density at radius 1 is 1.32 bits per heavy atom. The number of benzene rings is 1. The number of imidazole rings is 1. The molecule has 2 aromatic rings. The Kier molecular flexibility index (Phi) is 2.81. The van der Waals surface area contributed by atoms with Gasteiger partial charge in [-0.1, -0.05) is 12.1 Å². The van der Waals surface area contributed by atoms with Crippen molar-refractivity contribution in [3.63, 3.8) is 0 Å². The predicted octanol–water partition coefficient (Wildman–Crippen LogP) is 2.12. The summed E-state index contributed by atoms with van der Waals surface area (Å²) in [6.45, 7) is 0.749. The monoisotopic (exact) mass is 259 g/mol. The van der Waals surface area contributed by atoms with Crippen LogP contribution in [-0.4, -0.2) is 15.5 Å². The van der Waals surface area contributed by atoms with E-state index in [0.29, 0.717) is 11.4 Å². The van der Waals surface area contributed by atoms with Crippen molar-refractivity contribution in [1.82, 2.24) is 9.55 Å². The molecular weight excluding hydrogens is 245 g/mol. The molecule has 2 heterocycles. The molecule has 4 nitrogen and oxygen atoms in total. The fourth-order valence-corrected chi connectivity index (χ4v) is 2.59. The normalized spacial score (nSPS) is 14.2. The number of rotatable bonds is 2. The molecule has 0 fully saturated rings. The summed E-state index contributed by atoms with van der Waals surface area (Å²) < 4.78 is 15.8. The van der Waals surface area contributed by atoms with E-state index in [2.05, 4.69) is 4.98 Å². The zero-order valence-electron chi connectivity index (χ0n) is 10.4. The van der Waals surface area contributed by atoms with Gasteiger partial charge in [0.25, 0.3) is 5.91 Å². The van der Waals surface area contributed by atoms with Gasteiger partial charge in [-0.3, -0.25) is 4.79 Å². The predicted molar refractivity (Wildman–Crippen MR) is 69.1 cm³/mol. The molecular formula is C14H14FN3O. The van der Waals surface area contributed by atoms with Crippen molar-refractivity contribution in [2.24, 2.45) is 5.73 Å². The molecule has 0 radical (unpaired) electrons. The first kappa shape index (κ1) is 11.9. The first-order chi connectivity index (χ1) is 9.18. The molecule has 0 bridgehead atoms. The number of amides is 1. The highest BCUT2D eigenvalue weighted by atomic mass is 19.1. The van der Waals surface area contributed by atoms with Crippen molar-refractivity contribution in [3.05, 3.63) is 41.5 Å². The Bertz CT molecular complexity index is 648. The number of hydrogen-bond donors (Lipinski definition) is 1. The van der Waals surface area contributed by atoms with Gasteiger partial charge in [0, 0.05) is 6.54 Å². The molecule has 98 valence electrons. The number of primary amides is 1. The second-order valence-corrected chi connectivity index (χ2v) is 4.68. The lowest BCUT2D eigenvalue weighted by atomic mass is 10.1. The zero-order chi connectivity index (χ0) is 13.4. The number of hydrogen-bond acceptors (Lipinski definition) is 2. The highest BCUT2D eigenvalue weighted by Crippen LogP contribution is 2.28. The second-order valence-electron chi connectivity index (χ2n) is 4.68. The van der Waals surface area contributed by atoms with Crippen LogP contribution in [0.4, 0.5) is 4.39 Å². The summed E-state index contributed by atoms with van der Waals surface area (Å²) in [7, 11) is 0. The highest BCUT2D eigenvalue weighted by Gasteiger charge is 2.24. The molecule has 2 N–H and O–H groups in total. The van der Waals surface area contributed by atoms with E-state index < -0.39 is 5.91 Å². The van der Waals surface area contributed by atoms with Crippen LogP contribution in [0.25, 0.3) is 11.4 Å². The van der Waals surface area contributed by atoms with Crippen molar-refractivity contribution in [2.75, 3.05) is 0 Å². The average molecular weight is 259 g/mol. The lowest BCUT2D eigenvalue weighted by Gasteiger charge is -2.17. The van der Waals surface area contributed by atoms with Gasteiger partial charge in [-0.05, 0) is 31.4 Å². The Labute approximate surface area is 110 Å². The van der Waals surface area contributed by atoms with Crippen LogP contribution in [0.2, 0.25) is 0 Å². The van der Waals surface area contributed by atoms with E-state index in [4.69, 9.17) is 5.73 Å². The van der Waals surface area contributed by atoms with Gasteiger partial charge in [0.2, 0.25) is 0 Å². The van der Waals surface area contributed by atoms with Crippen LogP contribution in [0, 0.1) is 5.82 Å². The average Bonchev–Trinajstić information content (AvgIpc) is 2.79. The Hall–Kier alpha value is -2.17. The molecule has 1 aromatic carbocycles. The maximum Gasteiger partial charge on any atom is 0.269 e. The number of aromatic nitrogens is 2. The maximum atomic E-state index is 13.9. The molecule has 0 spiro atoms. The number of nitrogens with zero attached hydrogens (tertiary/aromatic N) is 2. The third-order valence-electron chi connectivity index (χ3n) is 3.47. The van der Waals surface area contributed by atoms with Crippen LogP contribution in [0.15, 0.2) is 24.3 Å². The van der Waals surface area contributed by atoms with Gasteiger partial charge < -0.3 is 10.3 Å². The van der Waals surface area contributed by atoms with E-state index in [-0.39, 0.29) is 11.5 Å². The SMILES string of the molecule is NC(=O)c1nc(-c2ccccc2F)n2c1CCCC2. The Balaban J connectivity index is 2.22. The molecule has 0 aliphatic carbocycles. The van der Waals surface area contributed by atoms with Gasteiger partial charge in [-0.2, -0.15) is 0 Å². The first-order valence-electron chi connectivity index (χ1n) is 6.32. The standard InChI is InChI=1S/C14H14FN3O/c15-10-6-2-1-5-9(10)14-17-12(13(16)19)11-7-3-4-8-18(11)14/h1-2,5-6H,3-4,7-8H2,(H2,16,19). The van der Waals surface area contributed by atoms with E-state index in [9.17, 15) is 9.18 Å². The van der Waals surface area contributed by atoms with Crippen LogP contribution in [0.1, 0.15) is 29.0 Å². The van der Waals surface area contributed by atoms with Crippen LogP contribution in [0.5, 0.6) is 0 Å². The second kappa shape index (κ2) is 4.50. The fraction of sp³-hybridized carbons (Fsp3) is 0.286. The molecule has 0 saturated heterocycles. The third kappa shape index (κ3) is 1.91. The number of carbonyl (C=O) groups excluding carboxylic acids is 1. The molecule has 1 aromatic heterocycles. The maximum absolute atomic E-state index is 13.9. The van der Waals surface area contributed by atoms with Gasteiger partial charge in [0.15, 0.2) is 0 Å². The summed E-state index contributed by atoms with van der Waals surface area (Å²) in [6, 6.07) is 6.45. The molecule has 0 saturated carbocycles. The van der Waals surface area contributed by atoms with E-state index >= 15 is 0 Å². The molecule has 1 amide bonds. The Morgan fingerprint density at radius 3 is 2.84 bits per heavy atom. The van der Waals surface area contributed by atoms with E-state index in [0.717, 1.165) is 31.5 Å². The van der Waals surface area contributed by atoms with Crippen LogP contribution in [0.3, 0.4) is 0 Å². The van der Waals surface area contributed by atoms with Gasteiger partial charge in [-0.15, -0.1) is 0 Å². The van der Waals surface area contributed by atoms with Crippen molar-refractivity contribution >= 4 is 5.91 Å². The first-order valence-corrected chi connectivity index (χ1v) is 6.32. The van der Waals surface area contributed by atoms with Crippen molar-refractivity contribution < 1.29 is 9.18 Å². The summed E-state index contributed by atoms with van der Waals surface area (Å²) in [4.78, 5) is 15.7. The lowest BCUT2D eigenvalue weighted by Crippen LogP contribution is -2.17. The quantitative estimate of drug-likeness (QED) is 0.898. The van der Waals surface area contributed by atoms with Crippen molar-refractivity contribution in [1.29, 1.82) is 0 Å². The summed E-state index contributed by atoms with van der Waals surface area (Å²) in [5.74, 6) is -0.383. The largest absolute Gasteiger partial charge is 0.364 e. The number of nitrogens with two attached hydrogens (primary N) is 1. The molecule has 0 atom stereocenters. The van der Waals surface area contributed by atoms with Gasteiger partial charge >= 0.3 is 0 Å². The summed E-state index contributed by atoms with van der Waals surface area (Å²) in [5.41, 5.74) is 6.88. The smallest absolute Gasteiger partial charge is 0.269 e. The molecule has 1 aliphatic heterocycles. The molecule has 19 heavy (non-hydrogen) atoms. The van der Waals surface area contributed by atoms with Gasteiger partial charge in [0.05, 0.1) is 11.3 Å². The highest BCUT2D eigenvalue weighted by molar-refractivity contribution is 5.93. The zero-order valence-corrected chi connectivity index (χ0v) is 10.4. The van der Waals surface area contributed by atoms with Crippen molar-refractivity contribution in [3.8, 4) is 11.4 Å². The number of carbonyl (C=O) groups is 1. The number of halogens is 1. The molecule has 5 heteroatoms. The number of fused-ring (bicyclic) bond motifs is 1. The van der Waals surface area contributed by atoms with Gasteiger partial charge in [0.1, 0.15) is 17.3 Å². The Morgan fingerprint density at radius 2 is 2.11 bits per heavy atom. The van der Waals surface area contributed by atoms with Crippen LogP contribution < -0.4 is 5.73 Å². The molecule has 0 unspecified atom stereocenters. The van der Waals surface area contributed by atoms with E-state index in [1.165, 1.54) is 6.07 Å².